The smallest absolute Gasteiger partial charge is 0.328 e. The maximum Gasteiger partial charge on any atom is 0.328 e. The summed E-state index contributed by atoms with van der Waals surface area (Å²) in [5.74, 6) is -2.95. The molecular formula is C22H27N5O11. The lowest BCUT2D eigenvalue weighted by molar-refractivity contribution is -0.270. The molecule has 0 unspecified atom stereocenters. The Labute approximate surface area is 214 Å². The summed E-state index contributed by atoms with van der Waals surface area (Å²) in [4.78, 5) is 73.2. The molecule has 38 heavy (non-hydrogen) atoms. The summed E-state index contributed by atoms with van der Waals surface area (Å²) in [5, 5.41) is 8.01. The van der Waals surface area contributed by atoms with Gasteiger partial charge in [0.2, 0.25) is 0 Å². The minimum absolute atomic E-state index is 0.0816. The first kappa shape index (κ1) is 28.2. The Balaban J connectivity index is 2.01. The second-order valence-electron chi connectivity index (χ2n) is 8.48. The largest absolute Gasteiger partial charge is 0.463 e. The SMILES string of the molecule is CC(=O)OC[C@H]1O[C@@H](n2cc(Cn3cc(C)c(=O)[nH]c3=O)nn2)[C@H](OC(C)=O)[C@@H](OC(C)=O)[C@H]1OC(C)=O. The number of aryl methyl sites for hydroxylation is 1. The van der Waals surface area contributed by atoms with Gasteiger partial charge in [0, 0.05) is 39.5 Å². The van der Waals surface area contributed by atoms with Gasteiger partial charge >= 0.3 is 29.6 Å². The van der Waals surface area contributed by atoms with Crippen LogP contribution in [0.15, 0.2) is 22.0 Å². The lowest BCUT2D eigenvalue weighted by Gasteiger charge is -2.44. The highest BCUT2D eigenvalue weighted by molar-refractivity contribution is 5.68. The number of hydrogen-bond donors (Lipinski definition) is 1. The van der Waals surface area contributed by atoms with Gasteiger partial charge < -0.3 is 23.7 Å². The molecule has 2 aromatic rings. The minimum Gasteiger partial charge on any atom is -0.463 e. The number of H-pyrrole nitrogens is 1. The van der Waals surface area contributed by atoms with Gasteiger partial charge in [-0.05, 0) is 6.92 Å². The Kier molecular flexibility index (Phi) is 8.77. The summed E-state index contributed by atoms with van der Waals surface area (Å²) in [6.45, 7) is 5.55. The Hall–Kier alpha value is -4.34. The molecule has 1 N–H and O–H groups in total. The van der Waals surface area contributed by atoms with Crippen molar-refractivity contribution in [2.45, 2.75) is 71.8 Å². The van der Waals surface area contributed by atoms with E-state index in [-0.39, 0.29) is 12.2 Å². The molecule has 2 aromatic heterocycles. The maximum atomic E-state index is 12.2. The topological polar surface area (TPSA) is 200 Å². The summed E-state index contributed by atoms with van der Waals surface area (Å²) in [7, 11) is 0. The lowest BCUT2D eigenvalue weighted by Crippen LogP contribution is -2.60. The normalized spacial score (nSPS) is 22.8. The maximum absolute atomic E-state index is 12.2. The van der Waals surface area contributed by atoms with Crippen LogP contribution in [0.2, 0.25) is 0 Å². The van der Waals surface area contributed by atoms with Crippen LogP contribution in [-0.4, -0.2) is 79.4 Å². The summed E-state index contributed by atoms with van der Waals surface area (Å²) >= 11 is 0. The van der Waals surface area contributed by atoms with Crippen molar-refractivity contribution in [2.24, 2.45) is 0 Å². The number of aromatic nitrogens is 5. The van der Waals surface area contributed by atoms with E-state index in [1.54, 1.807) is 0 Å². The summed E-state index contributed by atoms with van der Waals surface area (Å²) in [5.41, 5.74) is -0.627. The van der Waals surface area contributed by atoms with E-state index in [0.29, 0.717) is 5.56 Å². The Morgan fingerprint density at radius 3 is 2.13 bits per heavy atom. The zero-order chi connectivity index (χ0) is 28.1. The van der Waals surface area contributed by atoms with Crippen LogP contribution < -0.4 is 11.2 Å². The van der Waals surface area contributed by atoms with Gasteiger partial charge in [-0.15, -0.1) is 5.10 Å². The zero-order valence-corrected chi connectivity index (χ0v) is 21.2. The Morgan fingerprint density at radius 1 is 0.921 bits per heavy atom. The second kappa shape index (κ2) is 11.8. The van der Waals surface area contributed by atoms with Crippen LogP contribution in [0.1, 0.15) is 45.2 Å². The van der Waals surface area contributed by atoms with Crippen molar-refractivity contribution in [1.29, 1.82) is 0 Å². The molecule has 1 aliphatic heterocycles. The van der Waals surface area contributed by atoms with Gasteiger partial charge in [0.1, 0.15) is 18.4 Å². The van der Waals surface area contributed by atoms with Crippen LogP contribution in [0, 0.1) is 6.92 Å². The predicted molar refractivity (Wildman–Crippen MR) is 122 cm³/mol. The molecule has 3 heterocycles. The van der Waals surface area contributed by atoms with Crippen LogP contribution in [0.4, 0.5) is 0 Å². The molecule has 1 saturated heterocycles. The van der Waals surface area contributed by atoms with E-state index in [1.165, 1.54) is 23.9 Å². The number of carbonyl (C=O) groups is 4. The van der Waals surface area contributed by atoms with Gasteiger partial charge in [-0.3, -0.25) is 33.5 Å². The highest BCUT2D eigenvalue weighted by Gasteiger charge is 2.53. The van der Waals surface area contributed by atoms with Crippen molar-refractivity contribution in [2.75, 3.05) is 6.61 Å². The van der Waals surface area contributed by atoms with Crippen molar-refractivity contribution in [3.8, 4) is 0 Å². The molecule has 0 saturated carbocycles. The van der Waals surface area contributed by atoms with Crippen LogP contribution in [0.3, 0.4) is 0 Å². The first-order chi connectivity index (χ1) is 17.8. The number of esters is 4. The van der Waals surface area contributed by atoms with E-state index in [1.807, 2.05) is 0 Å². The number of nitrogens with zero attached hydrogens (tertiary/aromatic N) is 4. The zero-order valence-electron chi connectivity index (χ0n) is 21.2. The molecule has 0 aromatic carbocycles. The van der Waals surface area contributed by atoms with E-state index in [2.05, 4.69) is 15.3 Å². The quantitative estimate of drug-likeness (QED) is 0.309. The van der Waals surface area contributed by atoms with Gasteiger partial charge in [-0.2, -0.15) is 0 Å². The van der Waals surface area contributed by atoms with Crippen LogP contribution in [-0.2, 0) is 49.4 Å². The first-order valence-electron chi connectivity index (χ1n) is 11.4. The van der Waals surface area contributed by atoms with Gasteiger partial charge in [-0.1, -0.05) is 5.21 Å². The third-order valence-corrected chi connectivity index (χ3v) is 5.31. The monoisotopic (exact) mass is 537 g/mol. The van der Waals surface area contributed by atoms with Crippen LogP contribution >= 0.6 is 0 Å². The molecule has 0 spiro atoms. The molecule has 16 nitrogen and oxygen atoms in total. The van der Waals surface area contributed by atoms with Gasteiger partial charge in [0.25, 0.3) is 5.56 Å². The third kappa shape index (κ3) is 6.90. The van der Waals surface area contributed by atoms with E-state index in [9.17, 15) is 28.8 Å². The number of rotatable bonds is 8. The van der Waals surface area contributed by atoms with E-state index >= 15 is 0 Å². The fourth-order valence-electron chi connectivity index (χ4n) is 3.84. The second-order valence-corrected chi connectivity index (χ2v) is 8.48. The molecule has 0 bridgehead atoms. The van der Waals surface area contributed by atoms with Crippen LogP contribution in [0.5, 0.6) is 0 Å². The molecule has 0 aliphatic carbocycles. The van der Waals surface area contributed by atoms with E-state index in [0.717, 1.165) is 32.4 Å². The summed E-state index contributed by atoms with van der Waals surface area (Å²) in [6.07, 6.45) is -3.78. The van der Waals surface area contributed by atoms with E-state index in [4.69, 9.17) is 23.7 Å². The van der Waals surface area contributed by atoms with Crippen molar-refractivity contribution < 1.29 is 42.9 Å². The molecule has 0 amide bonds. The average molecular weight is 537 g/mol. The lowest BCUT2D eigenvalue weighted by atomic mass is 9.97. The van der Waals surface area contributed by atoms with Crippen molar-refractivity contribution in [3.63, 3.8) is 0 Å². The molecule has 1 fully saturated rings. The standard InChI is InChI=1S/C22H27N5O11/c1-10-6-26(22(33)23-20(10)32)7-15-8-27(25-24-15)21-19(37-14(5)31)18(36-13(4)30)17(35-12(3)29)16(38-21)9-34-11(2)28/h6,8,16-19,21H,7,9H2,1-5H3,(H,23,32,33)/t16-,17+,18+,19-,21-/m1/s1. The molecule has 206 valence electrons. The number of nitrogens with one attached hydrogen (secondary N) is 1. The van der Waals surface area contributed by atoms with Gasteiger partial charge in [0.15, 0.2) is 24.5 Å². The molecule has 3 rings (SSSR count). The fourth-order valence-corrected chi connectivity index (χ4v) is 3.84. The summed E-state index contributed by atoms with van der Waals surface area (Å²) < 4.78 is 29.6. The Morgan fingerprint density at radius 2 is 1.53 bits per heavy atom. The van der Waals surface area contributed by atoms with Crippen LogP contribution in [0.25, 0.3) is 0 Å². The number of ether oxygens (including phenoxy) is 5. The first-order valence-corrected chi connectivity index (χ1v) is 11.4. The minimum atomic E-state index is -1.38. The predicted octanol–water partition coefficient (Wildman–Crippen LogP) is -1.26. The highest BCUT2D eigenvalue weighted by atomic mass is 16.7. The van der Waals surface area contributed by atoms with Crippen molar-refractivity contribution in [3.05, 3.63) is 44.5 Å². The molecule has 0 radical (unpaired) electrons. The highest BCUT2D eigenvalue weighted by Crippen LogP contribution is 2.34. The number of hydrogen-bond acceptors (Lipinski definition) is 13. The van der Waals surface area contributed by atoms with Crippen molar-refractivity contribution >= 4 is 23.9 Å². The number of carbonyl (C=O) groups excluding carboxylic acids is 4. The molecule has 1 aliphatic rings. The molecule has 16 heteroatoms. The fraction of sp³-hybridized carbons (Fsp3) is 0.545. The Bertz CT molecular complexity index is 1330. The van der Waals surface area contributed by atoms with E-state index < -0.39 is 72.4 Å². The van der Waals surface area contributed by atoms with Gasteiger partial charge in [-0.25, -0.2) is 9.48 Å². The third-order valence-electron chi connectivity index (χ3n) is 5.31. The molecular weight excluding hydrogens is 510 g/mol. The average Bonchev–Trinajstić information content (AvgIpc) is 3.26. The summed E-state index contributed by atoms with van der Waals surface area (Å²) in [6, 6.07) is 0. The van der Waals surface area contributed by atoms with Gasteiger partial charge in [0.05, 0.1) is 12.7 Å². The van der Waals surface area contributed by atoms with Crippen molar-refractivity contribution in [1.82, 2.24) is 24.5 Å². The molecule has 5 atom stereocenters. The number of aromatic amines is 1.